The maximum Gasteiger partial charge on any atom is 0 e. The van der Waals surface area contributed by atoms with E-state index in [0.717, 1.165) is 0 Å². The Morgan fingerprint density at radius 3 is 1.00 bits per heavy atom. The molecule has 0 aromatic heterocycles. The second-order valence-corrected chi connectivity index (χ2v) is 0. The summed E-state index contributed by atoms with van der Waals surface area (Å²) in [6.07, 6.45) is 0. The Balaban J connectivity index is 0. The molecule has 0 aliphatic rings. The second-order valence-electron chi connectivity index (χ2n) is 0. The van der Waals surface area contributed by atoms with Crippen LogP contribution in [0.2, 0.25) is 0 Å². The molecule has 0 unspecified atom stereocenters. The Hall–Kier alpha value is 2.48. The SMILES string of the molecule is [Cu].[Fe].[Mn].[Pb]. The van der Waals surface area contributed by atoms with Gasteiger partial charge < -0.3 is 0 Å². The molecule has 0 spiro atoms. The molecular formula is CuFeMnPb. The molecule has 0 rings (SSSR count). The van der Waals surface area contributed by atoms with Crippen LogP contribution in [0.1, 0.15) is 0 Å². The minimum atomic E-state index is 0. The van der Waals surface area contributed by atoms with Gasteiger partial charge in [0.2, 0.25) is 0 Å². The van der Waals surface area contributed by atoms with Crippen LogP contribution in [0.4, 0.5) is 0 Å². The van der Waals surface area contributed by atoms with Crippen LogP contribution in [-0.2, 0) is 51.2 Å². The fraction of sp³-hybridized carbons (Fsp3) is 0. The van der Waals surface area contributed by atoms with Crippen molar-refractivity contribution in [2.75, 3.05) is 0 Å². The van der Waals surface area contributed by atoms with E-state index in [1.54, 1.807) is 0 Å². The zero-order chi connectivity index (χ0) is 0. The molecule has 0 aromatic rings. The van der Waals surface area contributed by atoms with Crippen molar-refractivity contribution in [3.05, 3.63) is 0 Å². The fourth-order valence-electron chi connectivity index (χ4n) is 0. The van der Waals surface area contributed by atoms with Gasteiger partial charge in [0.1, 0.15) is 0 Å². The molecule has 0 bridgehead atoms. The van der Waals surface area contributed by atoms with E-state index in [-0.39, 0.29) is 78.5 Å². The molecule has 0 nitrogen and oxygen atoms in total. The summed E-state index contributed by atoms with van der Waals surface area (Å²) >= 11 is 0. The van der Waals surface area contributed by atoms with Gasteiger partial charge in [0, 0.05) is 78.5 Å². The summed E-state index contributed by atoms with van der Waals surface area (Å²) in [5, 5.41) is 0. The Labute approximate surface area is 77.4 Å². The van der Waals surface area contributed by atoms with Crippen LogP contribution in [0.25, 0.3) is 0 Å². The maximum absolute atomic E-state index is 0. The van der Waals surface area contributed by atoms with E-state index in [1.807, 2.05) is 0 Å². The van der Waals surface area contributed by atoms with Gasteiger partial charge in [-0.1, -0.05) is 0 Å². The monoisotopic (exact) mass is 382 g/mol. The molecule has 0 saturated heterocycles. The number of hydrogen-bond acceptors (Lipinski definition) is 0. The summed E-state index contributed by atoms with van der Waals surface area (Å²) in [5.74, 6) is 0. The van der Waals surface area contributed by atoms with Crippen molar-refractivity contribution >= 4 is 27.3 Å². The molecule has 4 heteroatoms. The molecule has 0 heterocycles. The van der Waals surface area contributed by atoms with Crippen LogP contribution >= 0.6 is 0 Å². The Bertz CT molecular complexity index is 8.00. The zero-order valence-corrected chi connectivity index (χ0v) is 8.65. The van der Waals surface area contributed by atoms with Gasteiger partial charge >= 0.3 is 0 Å². The minimum Gasteiger partial charge on any atom is 0 e. The molecule has 0 amide bonds. The first-order valence-electron chi connectivity index (χ1n) is 0. The minimum absolute atomic E-state index is 0. The second kappa shape index (κ2) is 17.9. The molecule has 0 aliphatic carbocycles. The summed E-state index contributed by atoms with van der Waals surface area (Å²) in [7, 11) is 0. The van der Waals surface area contributed by atoms with E-state index in [0.29, 0.717) is 0 Å². The molecule has 0 atom stereocenters. The zero-order valence-electron chi connectivity index (χ0n) is 1.53. The van der Waals surface area contributed by atoms with Gasteiger partial charge in [-0.15, -0.1) is 0 Å². The van der Waals surface area contributed by atoms with Crippen LogP contribution in [0.3, 0.4) is 0 Å². The molecule has 4 heavy (non-hydrogen) atoms. The van der Waals surface area contributed by atoms with Crippen molar-refractivity contribution in [3.63, 3.8) is 0 Å². The van der Waals surface area contributed by atoms with Gasteiger partial charge in [0.25, 0.3) is 0 Å². The van der Waals surface area contributed by atoms with Crippen molar-refractivity contribution in [3.8, 4) is 0 Å². The van der Waals surface area contributed by atoms with Gasteiger partial charge in [0.05, 0.1) is 0 Å². The summed E-state index contributed by atoms with van der Waals surface area (Å²) in [5.41, 5.74) is 0. The van der Waals surface area contributed by atoms with Gasteiger partial charge in [-0.05, 0) is 0 Å². The number of hydrogen-bond donors (Lipinski definition) is 0. The van der Waals surface area contributed by atoms with Gasteiger partial charge in [-0.3, -0.25) is 0 Å². The van der Waals surface area contributed by atoms with Gasteiger partial charge in [0.15, 0.2) is 0 Å². The number of rotatable bonds is 0. The average Bonchev–Trinajstić information content (AvgIpc) is 0. The van der Waals surface area contributed by atoms with Crippen LogP contribution in [0.15, 0.2) is 0 Å². The molecule has 30 valence electrons. The molecule has 0 aliphatic heterocycles. The summed E-state index contributed by atoms with van der Waals surface area (Å²) in [4.78, 5) is 0. The molecular weight excluding hydrogens is 382 g/mol. The van der Waals surface area contributed by atoms with Crippen LogP contribution < -0.4 is 0 Å². The molecule has 0 aromatic carbocycles. The first-order valence-corrected chi connectivity index (χ1v) is 0. The maximum atomic E-state index is 0. The summed E-state index contributed by atoms with van der Waals surface area (Å²) in [6, 6.07) is 0. The van der Waals surface area contributed by atoms with E-state index in [9.17, 15) is 0 Å². The fourth-order valence-corrected chi connectivity index (χ4v) is 0. The largest absolute Gasteiger partial charge is 0 e. The quantitative estimate of drug-likeness (QED) is 0.502. The van der Waals surface area contributed by atoms with Gasteiger partial charge in [-0.2, -0.15) is 0 Å². The summed E-state index contributed by atoms with van der Waals surface area (Å²) < 4.78 is 0. The molecule has 0 N–H and O–H groups in total. The third kappa shape index (κ3) is 8.82. The molecule has 6 radical (unpaired) electrons. The third-order valence-corrected chi connectivity index (χ3v) is 0. The van der Waals surface area contributed by atoms with Crippen molar-refractivity contribution in [2.45, 2.75) is 0 Å². The van der Waals surface area contributed by atoms with Crippen molar-refractivity contribution in [1.82, 2.24) is 0 Å². The Morgan fingerprint density at radius 2 is 1.00 bits per heavy atom. The van der Waals surface area contributed by atoms with Crippen LogP contribution in [0, 0.1) is 0 Å². The van der Waals surface area contributed by atoms with Gasteiger partial charge in [-0.25, -0.2) is 0 Å². The van der Waals surface area contributed by atoms with Crippen LogP contribution in [0.5, 0.6) is 0 Å². The van der Waals surface area contributed by atoms with Crippen molar-refractivity contribution < 1.29 is 51.2 Å². The molecule has 0 saturated carbocycles. The van der Waals surface area contributed by atoms with Crippen molar-refractivity contribution in [2.24, 2.45) is 0 Å². The van der Waals surface area contributed by atoms with Crippen LogP contribution in [-0.4, -0.2) is 27.3 Å². The normalized spacial score (nSPS) is 0. The standard InChI is InChI=1S/Cu.Fe.Mn.Pb. The van der Waals surface area contributed by atoms with E-state index in [1.165, 1.54) is 0 Å². The predicted octanol–water partition coefficient (Wildman–Crippen LogP) is -0.388. The molecule has 0 fully saturated rings. The summed E-state index contributed by atoms with van der Waals surface area (Å²) in [6.45, 7) is 0. The Kier molecular flexibility index (Phi) is 141. The van der Waals surface area contributed by atoms with E-state index in [4.69, 9.17) is 0 Å². The first kappa shape index (κ1) is 31.6. The van der Waals surface area contributed by atoms with E-state index >= 15 is 0 Å². The van der Waals surface area contributed by atoms with Crippen molar-refractivity contribution in [1.29, 1.82) is 0 Å². The Morgan fingerprint density at radius 1 is 1.00 bits per heavy atom. The third-order valence-electron chi connectivity index (χ3n) is 0. The first-order chi connectivity index (χ1) is 0. The van der Waals surface area contributed by atoms with E-state index in [2.05, 4.69) is 0 Å². The predicted molar refractivity (Wildman–Crippen MR) is 5.75 cm³/mol. The topological polar surface area (TPSA) is 0 Å². The van der Waals surface area contributed by atoms with E-state index < -0.39 is 0 Å². The smallest absolute Gasteiger partial charge is 0 e. The average molecular weight is 382 g/mol.